The number of nitriles is 1. The van der Waals surface area contributed by atoms with Crippen LogP contribution < -0.4 is 16.1 Å². The lowest BCUT2D eigenvalue weighted by atomic mass is 9.84. The molecule has 4 unspecified atom stereocenters. The van der Waals surface area contributed by atoms with Crippen LogP contribution in [0.4, 0.5) is 18.9 Å². The summed E-state index contributed by atoms with van der Waals surface area (Å²) in [5.41, 5.74) is 0.0821. The van der Waals surface area contributed by atoms with Crippen LogP contribution in [-0.2, 0) is 15.1 Å². The molecular formula is C22H28F3N5O3. The maximum atomic E-state index is 13.1. The zero-order chi connectivity index (χ0) is 23.9. The number of rotatable bonds is 5. The molecule has 8 nitrogen and oxygen atoms in total. The smallest absolute Gasteiger partial charge is 0.379 e. The lowest BCUT2D eigenvalue weighted by Gasteiger charge is -2.46. The molecule has 0 aliphatic carbocycles. The Bertz CT molecular complexity index is 909. The number of fused-ring (bicyclic) bond motifs is 1. The fourth-order valence-electron chi connectivity index (χ4n) is 5.05. The second-order valence-electron chi connectivity index (χ2n) is 9.16. The molecule has 4 rings (SSSR count). The Labute approximate surface area is 190 Å². The molecule has 3 aliphatic rings. The van der Waals surface area contributed by atoms with Crippen LogP contribution in [0.5, 0.6) is 0 Å². The molecule has 0 aromatic heterocycles. The van der Waals surface area contributed by atoms with Crippen molar-refractivity contribution in [1.82, 2.24) is 15.8 Å². The van der Waals surface area contributed by atoms with E-state index >= 15 is 0 Å². The van der Waals surface area contributed by atoms with Crippen LogP contribution in [0, 0.1) is 17.2 Å². The van der Waals surface area contributed by atoms with Gasteiger partial charge >= 0.3 is 6.18 Å². The van der Waals surface area contributed by atoms with Crippen LogP contribution in [0.1, 0.15) is 38.2 Å². The standard InChI is InChI=1S/C22H28F3N5O3/c1-20(32,22(23,24)25)14-3-5-15(6-4-14)28-18-17-16(7-11-27-19(17)31)30(29-18)21(9-10-26)8-2-12-33-13-21/h3-6,16-18,28-29,32H,2,7-9,11-13H2,1H3,(H,27,31)/t16?,17?,18?,20?,21-/m0/s1. The second-order valence-corrected chi connectivity index (χ2v) is 9.16. The number of carbonyl (C=O) groups excluding carboxylic acids is 1. The van der Waals surface area contributed by atoms with Crippen molar-refractivity contribution < 1.29 is 27.8 Å². The van der Waals surface area contributed by atoms with Crippen LogP contribution in [-0.4, -0.2) is 59.7 Å². The van der Waals surface area contributed by atoms with Gasteiger partial charge in [0.25, 0.3) is 0 Å². The Balaban J connectivity index is 1.57. The number of ether oxygens (including phenoxy) is 1. The molecule has 3 heterocycles. The SMILES string of the molecule is CC(O)(c1ccc(NC2NN([C@]3(CC#N)CCCOC3)C3CCNC(=O)C23)cc1)C(F)(F)F. The highest BCUT2D eigenvalue weighted by molar-refractivity contribution is 5.82. The normalized spacial score (nSPS) is 32.4. The Morgan fingerprint density at radius 1 is 1.36 bits per heavy atom. The van der Waals surface area contributed by atoms with Gasteiger partial charge in [0, 0.05) is 24.9 Å². The van der Waals surface area contributed by atoms with Gasteiger partial charge in [-0.25, -0.2) is 10.4 Å². The fraction of sp³-hybridized carbons (Fsp3) is 0.636. The maximum absolute atomic E-state index is 13.1. The van der Waals surface area contributed by atoms with Crippen molar-refractivity contribution in [3.05, 3.63) is 29.8 Å². The number of amides is 1. The van der Waals surface area contributed by atoms with Crippen molar-refractivity contribution in [3.8, 4) is 6.07 Å². The van der Waals surface area contributed by atoms with Crippen LogP contribution in [0.3, 0.4) is 0 Å². The molecule has 0 bridgehead atoms. The fourth-order valence-corrected chi connectivity index (χ4v) is 5.05. The molecule has 4 N–H and O–H groups in total. The van der Waals surface area contributed by atoms with E-state index in [0.29, 0.717) is 38.8 Å². The molecule has 1 aromatic carbocycles. The Kier molecular flexibility index (Phi) is 6.30. The summed E-state index contributed by atoms with van der Waals surface area (Å²) in [7, 11) is 0. The summed E-state index contributed by atoms with van der Waals surface area (Å²) in [6, 6.07) is 7.43. The predicted molar refractivity (Wildman–Crippen MR) is 112 cm³/mol. The first-order valence-electron chi connectivity index (χ1n) is 11.0. The number of alkyl halides is 3. The molecule has 0 radical (unpaired) electrons. The molecular weight excluding hydrogens is 439 g/mol. The molecule has 180 valence electrons. The van der Waals surface area contributed by atoms with Gasteiger partial charge in [0.1, 0.15) is 6.17 Å². The van der Waals surface area contributed by atoms with Crippen LogP contribution in [0.2, 0.25) is 0 Å². The molecule has 1 aromatic rings. The minimum atomic E-state index is -4.81. The summed E-state index contributed by atoms with van der Waals surface area (Å²) in [6.45, 7) is 2.25. The maximum Gasteiger partial charge on any atom is 0.421 e. The molecule has 3 aliphatic heterocycles. The minimum Gasteiger partial charge on any atom is -0.379 e. The van der Waals surface area contributed by atoms with E-state index in [2.05, 4.69) is 22.1 Å². The highest BCUT2D eigenvalue weighted by atomic mass is 19.4. The Hall–Kier alpha value is -2.39. The van der Waals surface area contributed by atoms with Crippen molar-refractivity contribution in [2.45, 2.75) is 62.1 Å². The third-order valence-corrected chi connectivity index (χ3v) is 6.97. The largest absolute Gasteiger partial charge is 0.421 e. The molecule has 0 spiro atoms. The Morgan fingerprint density at radius 2 is 2.09 bits per heavy atom. The first kappa shape index (κ1) is 23.8. The van der Waals surface area contributed by atoms with Gasteiger partial charge in [-0.1, -0.05) is 12.1 Å². The van der Waals surface area contributed by atoms with Crippen molar-refractivity contribution in [2.24, 2.45) is 5.92 Å². The van der Waals surface area contributed by atoms with E-state index in [4.69, 9.17) is 4.74 Å². The first-order valence-corrected chi connectivity index (χ1v) is 11.0. The second kappa shape index (κ2) is 8.76. The summed E-state index contributed by atoms with van der Waals surface area (Å²) < 4.78 is 45.1. The van der Waals surface area contributed by atoms with Crippen LogP contribution >= 0.6 is 0 Å². The number of hydrazine groups is 1. The average molecular weight is 467 g/mol. The number of anilines is 1. The number of benzene rings is 1. The summed E-state index contributed by atoms with van der Waals surface area (Å²) >= 11 is 0. The monoisotopic (exact) mass is 467 g/mol. The number of halogens is 3. The van der Waals surface area contributed by atoms with Gasteiger partial charge in [-0.05, 0) is 43.9 Å². The predicted octanol–water partition coefficient (Wildman–Crippen LogP) is 1.98. The molecule has 11 heteroatoms. The lowest BCUT2D eigenvalue weighted by molar-refractivity contribution is -0.258. The highest BCUT2D eigenvalue weighted by Gasteiger charge is 2.55. The number of carbonyl (C=O) groups is 1. The van der Waals surface area contributed by atoms with E-state index in [1.54, 1.807) is 0 Å². The average Bonchev–Trinajstić information content (AvgIpc) is 3.14. The molecule has 3 fully saturated rings. The number of nitrogens with one attached hydrogen (secondary N) is 3. The lowest BCUT2D eigenvalue weighted by Crippen LogP contribution is -2.61. The van der Waals surface area contributed by atoms with Crippen LogP contribution in [0.15, 0.2) is 24.3 Å². The number of piperidine rings is 1. The van der Waals surface area contributed by atoms with Gasteiger partial charge in [0.15, 0.2) is 5.60 Å². The quantitative estimate of drug-likeness (QED) is 0.524. The van der Waals surface area contributed by atoms with Gasteiger partial charge < -0.3 is 20.5 Å². The number of nitrogens with zero attached hydrogens (tertiary/aromatic N) is 2. The van der Waals surface area contributed by atoms with Gasteiger partial charge in [0.2, 0.25) is 5.91 Å². The van der Waals surface area contributed by atoms with Crippen molar-refractivity contribution in [3.63, 3.8) is 0 Å². The third-order valence-electron chi connectivity index (χ3n) is 6.97. The van der Waals surface area contributed by atoms with E-state index in [1.807, 2.05) is 5.01 Å². The van der Waals surface area contributed by atoms with Crippen molar-refractivity contribution >= 4 is 11.6 Å². The minimum absolute atomic E-state index is 0.126. The van der Waals surface area contributed by atoms with E-state index in [1.165, 1.54) is 24.3 Å². The van der Waals surface area contributed by atoms with Gasteiger partial charge in [-0.15, -0.1) is 0 Å². The topological polar surface area (TPSA) is 110 Å². The molecule has 3 saturated heterocycles. The number of hydrogen-bond acceptors (Lipinski definition) is 7. The summed E-state index contributed by atoms with van der Waals surface area (Å²) in [5, 5.41) is 27.5. The van der Waals surface area contributed by atoms with Crippen molar-refractivity contribution in [2.75, 3.05) is 25.1 Å². The number of hydrogen-bond donors (Lipinski definition) is 4. The Morgan fingerprint density at radius 3 is 2.70 bits per heavy atom. The summed E-state index contributed by atoms with van der Waals surface area (Å²) in [5.74, 6) is -0.589. The van der Waals surface area contributed by atoms with Gasteiger partial charge in [0.05, 0.1) is 30.6 Å². The zero-order valence-corrected chi connectivity index (χ0v) is 18.3. The molecule has 5 atom stereocenters. The first-order chi connectivity index (χ1) is 15.6. The summed E-state index contributed by atoms with van der Waals surface area (Å²) in [6.07, 6.45) is -2.82. The van der Waals surface area contributed by atoms with Gasteiger partial charge in [-0.3, -0.25) is 4.79 Å². The van der Waals surface area contributed by atoms with E-state index in [-0.39, 0.29) is 23.9 Å². The third kappa shape index (κ3) is 4.28. The molecule has 0 saturated carbocycles. The highest BCUT2D eigenvalue weighted by Crippen LogP contribution is 2.40. The number of aliphatic hydroxyl groups is 1. The zero-order valence-electron chi connectivity index (χ0n) is 18.3. The van der Waals surface area contributed by atoms with E-state index in [0.717, 1.165) is 12.8 Å². The van der Waals surface area contributed by atoms with Crippen LogP contribution in [0.25, 0.3) is 0 Å². The van der Waals surface area contributed by atoms with E-state index < -0.39 is 29.4 Å². The van der Waals surface area contributed by atoms with Gasteiger partial charge in [-0.2, -0.15) is 18.4 Å². The van der Waals surface area contributed by atoms with E-state index in [9.17, 15) is 28.3 Å². The summed E-state index contributed by atoms with van der Waals surface area (Å²) in [4.78, 5) is 12.8. The van der Waals surface area contributed by atoms with Crippen molar-refractivity contribution in [1.29, 1.82) is 5.26 Å². The molecule has 33 heavy (non-hydrogen) atoms. The molecule has 1 amide bonds.